The smallest absolute Gasteiger partial charge is 0.264 e. The minimum Gasteiger partial charge on any atom is -0.470 e. The lowest BCUT2D eigenvalue weighted by Gasteiger charge is -2.24. The number of carbonyl (C=O) groups is 1. The van der Waals surface area contributed by atoms with Crippen LogP contribution in [0.4, 0.5) is 0 Å². The zero-order valence-corrected chi connectivity index (χ0v) is 15.5. The first kappa shape index (κ1) is 17.2. The molecular formula is C19H17N5O2S. The zero-order chi connectivity index (χ0) is 18.8. The Morgan fingerprint density at radius 3 is 2.89 bits per heavy atom. The summed E-state index contributed by atoms with van der Waals surface area (Å²) >= 11 is 1.49. The molecule has 4 heterocycles. The molecule has 27 heavy (non-hydrogen) atoms. The van der Waals surface area contributed by atoms with Crippen LogP contribution in [0.15, 0.2) is 42.7 Å². The molecule has 0 radical (unpaired) electrons. The number of hydrogen-bond donors (Lipinski definition) is 0. The van der Waals surface area contributed by atoms with Gasteiger partial charge in [0.25, 0.3) is 5.91 Å². The Morgan fingerprint density at radius 1 is 1.30 bits per heavy atom. The number of aryl methyl sites for hydroxylation is 1. The van der Waals surface area contributed by atoms with E-state index in [0.717, 1.165) is 15.4 Å². The van der Waals surface area contributed by atoms with Gasteiger partial charge in [0.15, 0.2) is 0 Å². The van der Waals surface area contributed by atoms with Gasteiger partial charge in [-0.15, -0.1) is 11.3 Å². The van der Waals surface area contributed by atoms with Gasteiger partial charge in [0.05, 0.1) is 35.8 Å². The number of fused-ring (bicyclic) bond motifs is 1. The van der Waals surface area contributed by atoms with E-state index in [9.17, 15) is 4.79 Å². The minimum absolute atomic E-state index is 0.0101. The van der Waals surface area contributed by atoms with E-state index in [2.05, 4.69) is 10.1 Å². The standard InChI is InChI=1S/C19H17N5O2S/c1-13-2-4-17(27-13)19(25)23-10-15-6-7-22-24(15)12-16(11-23)26-18-5-3-14(8-20)9-21-18/h2-7,9,16H,10-12H2,1H3. The van der Waals surface area contributed by atoms with Gasteiger partial charge in [-0.1, -0.05) is 0 Å². The summed E-state index contributed by atoms with van der Waals surface area (Å²) in [6.07, 6.45) is 2.91. The number of aromatic nitrogens is 3. The predicted molar refractivity (Wildman–Crippen MR) is 99.4 cm³/mol. The molecule has 0 saturated carbocycles. The number of ether oxygens (including phenoxy) is 1. The van der Waals surface area contributed by atoms with E-state index in [0.29, 0.717) is 31.1 Å². The van der Waals surface area contributed by atoms with Crippen LogP contribution in [0.2, 0.25) is 0 Å². The van der Waals surface area contributed by atoms with Gasteiger partial charge in [0, 0.05) is 23.3 Å². The van der Waals surface area contributed by atoms with Crippen LogP contribution >= 0.6 is 11.3 Å². The first-order valence-electron chi connectivity index (χ1n) is 8.51. The van der Waals surface area contributed by atoms with Crippen molar-refractivity contribution in [1.82, 2.24) is 19.7 Å². The number of pyridine rings is 1. The van der Waals surface area contributed by atoms with Crippen LogP contribution in [0.25, 0.3) is 0 Å². The Labute approximate surface area is 160 Å². The zero-order valence-electron chi connectivity index (χ0n) is 14.7. The van der Waals surface area contributed by atoms with E-state index in [1.54, 1.807) is 23.2 Å². The second-order valence-corrected chi connectivity index (χ2v) is 7.63. The number of carbonyl (C=O) groups excluding carboxylic acids is 1. The van der Waals surface area contributed by atoms with Gasteiger partial charge in [0.1, 0.15) is 12.2 Å². The van der Waals surface area contributed by atoms with Crippen molar-refractivity contribution in [2.24, 2.45) is 0 Å². The maximum absolute atomic E-state index is 13.0. The number of thiophene rings is 1. The third-order valence-corrected chi connectivity index (χ3v) is 5.34. The highest BCUT2D eigenvalue weighted by Crippen LogP contribution is 2.22. The molecule has 0 spiro atoms. The molecule has 1 aliphatic heterocycles. The van der Waals surface area contributed by atoms with Crippen molar-refractivity contribution in [3.63, 3.8) is 0 Å². The van der Waals surface area contributed by atoms with Crippen molar-refractivity contribution < 1.29 is 9.53 Å². The molecule has 3 aromatic heterocycles. The lowest BCUT2D eigenvalue weighted by atomic mass is 10.3. The molecule has 0 aliphatic carbocycles. The summed E-state index contributed by atoms with van der Waals surface area (Å²) in [4.78, 5) is 20.8. The number of nitrogens with zero attached hydrogens (tertiary/aromatic N) is 5. The van der Waals surface area contributed by atoms with Crippen LogP contribution in [0.5, 0.6) is 5.88 Å². The molecule has 136 valence electrons. The molecule has 3 aromatic rings. The highest BCUT2D eigenvalue weighted by atomic mass is 32.1. The van der Waals surface area contributed by atoms with E-state index in [1.807, 2.05) is 35.9 Å². The Kier molecular flexibility index (Phi) is 4.60. The van der Waals surface area contributed by atoms with Crippen molar-refractivity contribution in [1.29, 1.82) is 5.26 Å². The fourth-order valence-electron chi connectivity index (χ4n) is 3.04. The Morgan fingerprint density at radius 2 is 2.19 bits per heavy atom. The van der Waals surface area contributed by atoms with Crippen LogP contribution < -0.4 is 4.74 Å². The average Bonchev–Trinajstić information content (AvgIpc) is 3.26. The molecule has 1 atom stereocenters. The van der Waals surface area contributed by atoms with E-state index < -0.39 is 0 Å². The van der Waals surface area contributed by atoms with Crippen molar-refractivity contribution in [2.75, 3.05) is 6.54 Å². The van der Waals surface area contributed by atoms with Crippen LogP contribution in [0.1, 0.15) is 25.8 Å². The van der Waals surface area contributed by atoms with Gasteiger partial charge in [-0.2, -0.15) is 10.4 Å². The molecular weight excluding hydrogens is 362 g/mol. The van der Waals surface area contributed by atoms with Crippen LogP contribution in [0, 0.1) is 18.3 Å². The lowest BCUT2D eigenvalue weighted by Crippen LogP contribution is -2.38. The highest BCUT2D eigenvalue weighted by molar-refractivity contribution is 7.13. The van der Waals surface area contributed by atoms with Gasteiger partial charge in [-0.25, -0.2) is 4.98 Å². The first-order valence-corrected chi connectivity index (χ1v) is 9.33. The quantitative estimate of drug-likeness (QED) is 0.698. The Balaban J connectivity index is 1.58. The van der Waals surface area contributed by atoms with E-state index in [1.165, 1.54) is 17.5 Å². The second kappa shape index (κ2) is 7.21. The summed E-state index contributed by atoms with van der Waals surface area (Å²) in [6.45, 7) is 3.43. The topological polar surface area (TPSA) is 84.0 Å². The summed E-state index contributed by atoms with van der Waals surface area (Å²) in [5, 5.41) is 13.2. The lowest BCUT2D eigenvalue weighted by molar-refractivity contribution is 0.0649. The Bertz CT molecular complexity index is 1000. The maximum Gasteiger partial charge on any atom is 0.264 e. The molecule has 1 unspecified atom stereocenters. The molecule has 7 nitrogen and oxygen atoms in total. The summed E-state index contributed by atoms with van der Waals surface area (Å²) in [7, 11) is 0. The minimum atomic E-state index is -0.295. The van der Waals surface area contributed by atoms with E-state index in [-0.39, 0.29) is 12.0 Å². The molecule has 0 aromatic carbocycles. The van der Waals surface area contributed by atoms with Gasteiger partial charge in [-0.3, -0.25) is 9.48 Å². The number of nitriles is 1. The molecule has 0 fully saturated rings. The van der Waals surface area contributed by atoms with Gasteiger partial charge in [-0.05, 0) is 31.2 Å². The predicted octanol–water partition coefficient (Wildman–Crippen LogP) is 2.62. The SMILES string of the molecule is Cc1ccc(C(=O)N2Cc3ccnn3CC(Oc3ccc(C#N)cn3)C2)s1. The van der Waals surface area contributed by atoms with Crippen molar-refractivity contribution >= 4 is 17.2 Å². The van der Waals surface area contributed by atoms with E-state index >= 15 is 0 Å². The molecule has 1 aliphatic rings. The molecule has 8 heteroatoms. The van der Waals surface area contributed by atoms with Gasteiger partial charge in [0.2, 0.25) is 5.88 Å². The van der Waals surface area contributed by atoms with Crippen LogP contribution in [-0.2, 0) is 13.1 Å². The second-order valence-electron chi connectivity index (χ2n) is 6.34. The fourth-order valence-corrected chi connectivity index (χ4v) is 3.87. The molecule has 1 amide bonds. The summed E-state index contributed by atoms with van der Waals surface area (Å²) in [5.74, 6) is 0.415. The van der Waals surface area contributed by atoms with Crippen LogP contribution in [-0.4, -0.2) is 38.2 Å². The summed E-state index contributed by atoms with van der Waals surface area (Å²) in [5.41, 5.74) is 1.44. The van der Waals surface area contributed by atoms with Crippen molar-refractivity contribution in [3.05, 3.63) is 63.7 Å². The monoisotopic (exact) mass is 379 g/mol. The number of hydrogen-bond acceptors (Lipinski definition) is 6. The molecule has 0 N–H and O–H groups in total. The normalized spacial score (nSPS) is 16.3. The molecule has 4 rings (SSSR count). The van der Waals surface area contributed by atoms with Gasteiger partial charge < -0.3 is 9.64 Å². The molecule has 0 saturated heterocycles. The number of rotatable bonds is 3. The average molecular weight is 379 g/mol. The van der Waals surface area contributed by atoms with Crippen molar-refractivity contribution in [3.8, 4) is 11.9 Å². The van der Waals surface area contributed by atoms with Crippen molar-refractivity contribution in [2.45, 2.75) is 26.1 Å². The summed E-state index contributed by atoms with van der Waals surface area (Å²) in [6, 6.07) is 11.1. The summed E-state index contributed by atoms with van der Waals surface area (Å²) < 4.78 is 7.87. The molecule has 0 bridgehead atoms. The number of amides is 1. The Hall–Kier alpha value is -3.18. The highest BCUT2D eigenvalue weighted by Gasteiger charge is 2.28. The first-order chi connectivity index (χ1) is 13.1. The fraction of sp³-hybridized carbons (Fsp3) is 0.263. The third-order valence-electron chi connectivity index (χ3n) is 4.35. The van der Waals surface area contributed by atoms with Gasteiger partial charge >= 0.3 is 0 Å². The van der Waals surface area contributed by atoms with Crippen LogP contribution in [0.3, 0.4) is 0 Å². The third kappa shape index (κ3) is 3.68. The largest absolute Gasteiger partial charge is 0.470 e. The van der Waals surface area contributed by atoms with E-state index in [4.69, 9.17) is 10.00 Å². The maximum atomic E-state index is 13.0.